The zero-order valence-electron chi connectivity index (χ0n) is 13.5. The summed E-state index contributed by atoms with van der Waals surface area (Å²) in [4.78, 5) is 0. The number of aliphatic hydroxyl groups is 1. The summed E-state index contributed by atoms with van der Waals surface area (Å²) in [7, 11) is 0. The molecule has 1 N–H and O–H groups in total. The Morgan fingerprint density at radius 1 is 0.720 bits per heavy atom. The molecule has 0 aromatic heterocycles. The summed E-state index contributed by atoms with van der Waals surface area (Å²) in [5.41, 5.74) is -0.529. The van der Waals surface area contributed by atoms with Crippen LogP contribution in [-0.2, 0) is 10.3 Å². The first-order valence-electron chi connectivity index (χ1n) is 8.00. The minimum absolute atomic E-state index is 0.0719. The lowest BCUT2D eigenvalue weighted by atomic mass is 9.79. The van der Waals surface area contributed by atoms with E-state index in [4.69, 9.17) is 4.74 Å². The fraction of sp³-hybridized carbons (Fsp3) is 0.143. The molecule has 0 unspecified atom stereocenters. The van der Waals surface area contributed by atoms with Crippen LogP contribution in [0, 0.1) is 11.6 Å². The van der Waals surface area contributed by atoms with Gasteiger partial charge in [-0.3, -0.25) is 0 Å². The zero-order chi connectivity index (χ0) is 17.7. The lowest BCUT2D eigenvalue weighted by Crippen LogP contribution is -2.36. The summed E-state index contributed by atoms with van der Waals surface area (Å²) < 4.78 is 35.5. The molecule has 0 spiro atoms. The molecule has 0 heterocycles. The summed E-state index contributed by atoms with van der Waals surface area (Å²) >= 11 is 0. The molecule has 25 heavy (non-hydrogen) atoms. The third kappa shape index (κ3) is 3.18. The Kier molecular flexibility index (Phi) is 5.22. The molecule has 0 saturated heterocycles. The van der Waals surface area contributed by atoms with Crippen molar-refractivity contribution in [3.8, 4) is 0 Å². The maximum atomic E-state index is 14.7. The monoisotopic (exact) mass is 340 g/mol. The zero-order valence-corrected chi connectivity index (χ0v) is 13.5. The molecule has 2 nitrogen and oxygen atoms in total. The number of ether oxygens (including phenoxy) is 1. The standard InChI is InChI=1S/C21H18F2O2/c22-19-12-6-4-10-17(19)21(25-15-14-24,16-8-2-1-3-9-16)18-11-5-7-13-20(18)23/h1-13,24H,14-15H2. The maximum Gasteiger partial charge on any atom is 0.149 e. The first-order chi connectivity index (χ1) is 12.2. The van der Waals surface area contributed by atoms with Crippen molar-refractivity contribution in [2.24, 2.45) is 0 Å². The van der Waals surface area contributed by atoms with Crippen LogP contribution in [0.15, 0.2) is 78.9 Å². The molecule has 0 bridgehead atoms. The lowest BCUT2D eigenvalue weighted by Gasteiger charge is -2.36. The quantitative estimate of drug-likeness (QED) is 0.679. The van der Waals surface area contributed by atoms with Crippen molar-refractivity contribution in [2.75, 3.05) is 13.2 Å². The Balaban J connectivity index is 2.36. The van der Waals surface area contributed by atoms with E-state index in [2.05, 4.69) is 0 Å². The molecule has 3 rings (SSSR count). The summed E-state index contributed by atoms with van der Waals surface area (Å²) in [6.07, 6.45) is 0. The molecule has 4 heteroatoms. The van der Waals surface area contributed by atoms with Gasteiger partial charge in [-0.1, -0.05) is 66.7 Å². The molecule has 3 aromatic carbocycles. The van der Waals surface area contributed by atoms with Crippen molar-refractivity contribution in [3.63, 3.8) is 0 Å². The van der Waals surface area contributed by atoms with Crippen LogP contribution >= 0.6 is 0 Å². The van der Waals surface area contributed by atoms with Crippen LogP contribution in [0.5, 0.6) is 0 Å². The van der Waals surface area contributed by atoms with Gasteiger partial charge in [0.1, 0.15) is 17.2 Å². The van der Waals surface area contributed by atoms with Crippen LogP contribution in [0.25, 0.3) is 0 Å². The summed E-state index contributed by atoms with van der Waals surface area (Å²) in [5, 5.41) is 9.30. The Morgan fingerprint density at radius 2 is 1.20 bits per heavy atom. The predicted molar refractivity (Wildman–Crippen MR) is 92.2 cm³/mol. The fourth-order valence-corrected chi connectivity index (χ4v) is 3.06. The molecule has 0 amide bonds. The predicted octanol–water partition coefficient (Wildman–Crippen LogP) is 4.27. The average molecular weight is 340 g/mol. The van der Waals surface area contributed by atoms with Gasteiger partial charge in [-0.2, -0.15) is 0 Å². The molecule has 0 radical (unpaired) electrons. The molecule has 0 aliphatic rings. The molecule has 0 saturated carbocycles. The van der Waals surface area contributed by atoms with Gasteiger partial charge in [-0.25, -0.2) is 8.78 Å². The minimum atomic E-state index is -1.50. The van der Waals surface area contributed by atoms with Crippen LogP contribution in [0.3, 0.4) is 0 Å². The van der Waals surface area contributed by atoms with E-state index in [1.165, 1.54) is 12.1 Å². The van der Waals surface area contributed by atoms with E-state index in [1.807, 2.05) is 6.07 Å². The second-order valence-corrected chi connectivity index (χ2v) is 5.58. The van der Waals surface area contributed by atoms with E-state index < -0.39 is 17.2 Å². The summed E-state index contributed by atoms with van der Waals surface area (Å²) in [6.45, 7) is -0.338. The number of hydrogen-bond donors (Lipinski definition) is 1. The van der Waals surface area contributed by atoms with Gasteiger partial charge in [-0.05, 0) is 17.7 Å². The highest BCUT2D eigenvalue weighted by Gasteiger charge is 2.41. The highest BCUT2D eigenvalue weighted by Crippen LogP contribution is 2.42. The van der Waals surface area contributed by atoms with Crippen LogP contribution < -0.4 is 0 Å². The van der Waals surface area contributed by atoms with E-state index >= 15 is 0 Å². The molecular formula is C21H18F2O2. The Morgan fingerprint density at radius 3 is 1.68 bits per heavy atom. The van der Waals surface area contributed by atoms with E-state index in [0.29, 0.717) is 5.56 Å². The van der Waals surface area contributed by atoms with Crippen molar-refractivity contribution in [3.05, 3.63) is 107 Å². The SMILES string of the molecule is OCCOC(c1ccccc1)(c1ccccc1F)c1ccccc1F. The van der Waals surface area contributed by atoms with E-state index in [1.54, 1.807) is 60.7 Å². The topological polar surface area (TPSA) is 29.5 Å². The molecule has 128 valence electrons. The van der Waals surface area contributed by atoms with Gasteiger partial charge in [0.2, 0.25) is 0 Å². The molecular weight excluding hydrogens is 322 g/mol. The van der Waals surface area contributed by atoms with Gasteiger partial charge in [0, 0.05) is 11.1 Å². The normalized spacial score (nSPS) is 11.5. The molecule has 0 fully saturated rings. The van der Waals surface area contributed by atoms with Crippen molar-refractivity contribution >= 4 is 0 Å². The number of benzene rings is 3. The first kappa shape index (κ1) is 17.3. The summed E-state index contributed by atoms with van der Waals surface area (Å²) in [5.74, 6) is -1.01. The van der Waals surface area contributed by atoms with E-state index in [-0.39, 0.29) is 24.3 Å². The second-order valence-electron chi connectivity index (χ2n) is 5.58. The van der Waals surface area contributed by atoms with Crippen molar-refractivity contribution in [1.29, 1.82) is 0 Å². The fourth-order valence-electron chi connectivity index (χ4n) is 3.06. The molecule has 0 aliphatic heterocycles. The minimum Gasteiger partial charge on any atom is -0.394 e. The Bertz CT molecular complexity index is 789. The average Bonchev–Trinajstić information content (AvgIpc) is 2.65. The van der Waals surface area contributed by atoms with Crippen LogP contribution in [0.1, 0.15) is 16.7 Å². The number of hydrogen-bond acceptors (Lipinski definition) is 2. The van der Waals surface area contributed by atoms with Crippen molar-refractivity contribution < 1.29 is 18.6 Å². The number of halogens is 2. The Labute approximate surface area is 145 Å². The number of aliphatic hydroxyl groups excluding tert-OH is 1. The largest absolute Gasteiger partial charge is 0.394 e. The van der Waals surface area contributed by atoms with Gasteiger partial charge >= 0.3 is 0 Å². The maximum absolute atomic E-state index is 14.7. The van der Waals surface area contributed by atoms with Crippen LogP contribution in [-0.4, -0.2) is 18.3 Å². The lowest BCUT2D eigenvalue weighted by molar-refractivity contribution is -0.0105. The summed E-state index contributed by atoms with van der Waals surface area (Å²) in [6, 6.07) is 21.2. The highest BCUT2D eigenvalue weighted by molar-refractivity contribution is 5.48. The van der Waals surface area contributed by atoms with E-state index in [0.717, 1.165) is 0 Å². The van der Waals surface area contributed by atoms with Gasteiger partial charge in [0.15, 0.2) is 0 Å². The number of rotatable bonds is 6. The molecule has 3 aromatic rings. The van der Waals surface area contributed by atoms with Gasteiger partial charge < -0.3 is 9.84 Å². The van der Waals surface area contributed by atoms with Crippen molar-refractivity contribution in [1.82, 2.24) is 0 Å². The van der Waals surface area contributed by atoms with Crippen LogP contribution in [0.2, 0.25) is 0 Å². The first-order valence-corrected chi connectivity index (χ1v) is 8.00. The smallest absolute Gasteiger partial charge is 0.149 e. The van der Waals surface area contributed by atoms with Gasteiger partial charge in [-0.15, -0.1) is 0 Å². The molecule has 0 atom stereocenters. The van der Waals surface area contributed by atoms with Crippen LogP contribution in [0.4, 0.5) is 8.78 Å². The van der Waals surface area contributed by atoms with Crippen molar-refractivity contribution in [2.45, 2.75) is 5.60 Å². The van der Waals surface area contributed by atoms with Gasteiger partial charge in [0.25, 0.3) is 0 Å². The molecule has 0 aliphatic carbocycles. The van der Waals surface area contributed by atoms with Gasteiger partial charge in [0.05, 0.1) is 13.2 Å². The third-order valence-electron chi connectivity index (χ3n) is 4.10. The Hall–Kier alpha value is -2.56. The third-order valence-corrected chi connectivity index (χ3v) is 4.10. The van der Waals surface area contributed by atoms with E-state index in [9.17, 15) is 13.9 Å². The highest BCUT2D eigenvalue weighted by atomic mass is 19.1. The second kappa shape index (κ2) is 7.55.